The largest absolute Gasteiger partial charge is 0.376 e. The normalized spacial score (nSPS) is 9.26. The maximum atomic E-state index is 8.81. The topological polar surface area (TPSA) is 52.8 Å². The maximum absolute atomic E-state index is 8.81. The molecule has 0 bridgehead atoms. The molecule has 4 nitrogen and oxygen atoms in total. The van der Waals surface area contributed by atoms with Gasteiger partial charge in [0.05, 0.1) is 22.3 Å². The van der Waals surface area contributed by atoms with Crippen molar-refractivity contribution in [3.05, 3.63) is 77.6 Å². The fourth-order valence-corrected chi connectivity index (χ4v) is 2.98. The summed E-state index contributed by atoms with van der Waals surface area (Å²) >= 11 is 0. The Morgan fingerprint density at radius 1 is 0.742 bits per heavy atom. The summed E-state index contributed by atoms with van der Waals surface area (Å²) in [5.41, 5.74) is 5.98. The number of hydrogen-bond donors (Lipinski definition) is 0. The number of para-hydroxylation sites is 2. The van der Waals surface area contributed by atoms with Crippen molar-refractivity contribution in [2.45, 2.75) is 41.5 Å². The van der Waals surface area contributed by atoms with E-state index in [2.05, 4.69) is 52.1 Å². The second-order valence-electron chi connectivity index (χ2n) is 6.76. The number of fused-ring (bicyclic) bond motifs is 2. The molecule has 0 saturated carbocycles. The van der Waals surface area contributed by atoms with Crippen molar-refractivity contribution in [1.29, 1.82) is 5.26 Å². The molecular weight excluding hydrogens is 380 g/mol. The fraction of sp³-hybridized carbons (Fsp3) is 0.296. The van der Waals surface area contributed by atoms with Crippen molar-refractivity contribution in [2.75, 3.05) is 19.0 Å². The van der Waals surface area contributed by atoms with Crippen LogP contribution in [0, 0.1) is 25.2 Å². The third-order valence-electron chi connectivity index (χ3n) is 4.28. The molecule has 2 aromatic heterocycles. The predicted octanol–water partition coefficient (Wildman–Crippen LogP) is 7.08. The summed E-state index contributed by atoms with van der Waals surface area (Å²) in [5, 5.41) is 11.0. The second kappa shape index (κ2) is 13.0. The zero-order chi connectivity index (χ0) is 23.4. The molecule has 4 heteroatoms. The van der Waals surface area contributed by atoms with Crippen LogP contribution in [0.15, 0.2) is 60.9 Å². The van der Waals surface area contributed by atoms with E-state index in [1.54, 1.807) is 12.3 Å². The van der Waals surface area contributed by atoms with Crippen LogP contribution in [-0.2, 0) is 0 Å². The van der Waals surface area contributed by atoms with Crippen molar-refractivity contribution in [3.8, 4) is 6.07 Å². The van der Waals surface area contributed by atoms with Crippen molar-refractivity contribution in [1.82, 2.24) is 9.97 Å². The average Bonchev–Trinajstić information content (AvgIpc) is 2.80. The van der Waals surface area contributed by atoms with Gasteiger partial charge in [-0.2, -0.15) is 5.26 Å². The lowest BCUT2D eigenvalue weighted by atomic mass is 10.1. The molecule has 0 aliphatic rings. The molecule has 0 spiro atoms. The molecule has 31 heavy (non-hydrogen) atoms. The van der Waals surface area contributed by atoms with Crippen LogP contribution in [0.4, 0.5) is 5.69 Å². The van der Waals surface area contributed by atoms with E-state index in [-0.39, 0.29) is 0 Å². The molecule has 2 heterocycles. The molecule has 0 aliphatic carbocycles. The fourth-order valence-electron chi connectivity index (χ4n) is 2.98. The first kappa shape index (κ1) is 25.6. The van der Waals surface area contributed by atoms with Crippen LogP contribution in [0.25, 0.3) is 21.8 Å². The van der Waals surface area contributed by atoms with Crippen molar-refractivity contribution in [3.63, 3.8) is 0 Å². The molecule has 0 N–H and O–H groups in total. The molecule has 4 aromatic rings. The minimum Gasteiger partial charge on any atom is -0.376 e. The molecule has 0 saturated heterocycles. The molecular formula is C27H34N4. The van der Waals surface area contributed by atoms with E-state index in [1.807, 2.05) is 73.1 Å². The number of aryl methyl sites for hydroxylation is 2. The van der Waals surface area contributed by atoms with Crippen LogP contribution in [0.5, 0.6) is 0 Å². The number of pyridine rings is 2. The third kappa shape index (κ3) is 6.79. The number of nitrogens with zero attached hydrogens (tertiary/aromatic N) is 4. The summed E-state index contributed by atoms with van der Waals surface area (Å²) < 4.78 is 0. The lowest BCUT2D eigenvalue weighted by Crippen LogP contribution is -2.09. The van der Waals surface area contributed by atoms with Gasteiger partial charge in [0, 0.05) is 37.3 Å². The number of rotatable bonds is 1. The van der Waals surface area contributed by atoms with E-state index in [4.69, 9.17) is 5.26 Å². The minimum atomic E-state index is 0.637. The van der Waals surface area contributed by atoms with Gasteiger partial charge in [-0.1, -0.05) is 52.0 Å². The lowest BCUT2D eigenvalue weighted by Gasteiger charge is -2.14. The van der Waals surface area contributed by atoms with Crippen LogP contribution < -0.4 is 4.90 Å². The summed E-state index contributed by atoms with van der Waals surface area (Å²) in [6.45, 7) is 12.1. The monoisotopic (exact) mass is 414 g/mol. The Morgan fingerprint density at radius 3 is 1.74 bits per heavy atom. The van der Waals surface area contributed by atoms with Gasteiger partial charge < -0.3 is 4.90 Å². The molecule has 0 aliphatic heterocycles. The molecule has 0 fully saturated rings. The molecule has 0 amide bonds. The molecule has 0 atom stereocenters. The van der Waals surface area contributed by atoms with Crippen LogP contribution in [0.3, 0.4) is 0 Å². The van der Waals surface area contributed by atoms with Gasteiger partial charge in [0.25, 0.3) is 0 Å². The summed E-state index contributed by atoms with van der Waals surface area (Å²) in [4.78, 5) is 10.8. The highest BCUT2D eigenvalue weighted by atomic mass is 15.1. The van der Waals surface area contributed by atoms with Crippen LogP contribution in [-0.4, -0.2) is 24.1 Å². The van der Waals surface area contributed by atoms with E-state index in [9.17, 15) is 0 Å². The van der Waals surface area contributed by atoms with E-state index >= 15 is 0 Å². The van der Waals surface area contributed by atoms with Crippen molar-refractivity contribution >= 4 is 27.5 Å². The van der Waals surface area contributed by atoms with Gasteiger partial charge in [-0.25, -0.2) is 0 Å². The van der Waals surface area contributed by atoms with Gasteiger partial charge in [-0.15, -0.1) is 0 Å². The first-order valence-corrected chi connectivity index (χ1v) is 10.8. The van der Waals surface area contributed by atoms with Gasteiger partial charge in [-0.3, -0.25) is 9.97 Å². The predicted molar refractivity (Wildman–Crippen MR) is 135 cm³/mol. The van der Waals surface area contributed by atoms with Gasteiger partial charge in [0.1, 0.15) is 6.07 Å². The highest BCUT2D eigenvalue weighted by Gasteiger charge is 2.03. The van der Waals surface area contributed by atoms with Crippen LogP contribution >= 0.6 is 0 Å². The Labute approximate surface area is 187 Å². The zero-order valence-corrected chi connectivity index (χ0v) is 20.1. The number of nitriles is 1. The Balaban J connectivity index is 0.000000268. The number of benzene rings is 2. The number of anilines is 1. The Morgan fingerprint density at radius 2 is 1.23 bits per heavy atom. The lowest BCUT2D eigenvalue weighted by molar-refractivity contribution is 1.13. The first-order valence-electron chi connectivity index (χ1n) is 10.8. The summed E-state index contributed by atoms with van der Waals surface area (Å²) in [5.74, 6) is 0. The van der Waals surface area contributed by atoms with Gasteiger partial charge >= 0.3 is 0 Å². The van der Waals surface area contributed by atoms with Gasteiger partial charge in [0.15, 0.2) is 0 Å². The minimum absolute atomic E-state index is 0.637. The van der Waals surface area contributed by atoms with E-state index in [0.29, 0.717) is 5.56 Å². The SMILES string of the molecule is CC.CC.Cc1cnc2c(C#N)cccc2c1.Cc1cnc2c(N(C)C)cccc2c1. The first-order chi connectivity index (χ1) is 15.0. The Kier molecular flexibility index (Phi) is 10.7. The zero-order valence-electron chi connectivity index (χ0n) is 20.1. The van der Waals surface area contributed by atoms with Crippen molar-refractivity contribution in [2.24, 2.45) is 0 Å². The molecule has 4 rings (SSSR count). The van der Waals surface area contributed by atoms with Gasteiger partial charge in [-0.05, 0) is 49.2 Å². The Bertz CT molecular complexity index is 1140. The Hall–Kier alpha value is -3.45. The number of hydrogen-bond acceptors (Lipinski definition) is 4. The molecule has 162 valence electrons. The van der Waals surface area contributed by atoms with Crippen LogP contribution in [0.1, 0.15) is 44.4 Å². The number of aromatic nitrogens is 2. The highest BCUT2D eigenvalue weighted by Crippen LogP contribution is 2.23. The molecule has 0 radical (unpaired) electrons. The maximum Gasteiger partial charge on any atom is 0.101 e. The third-order valence-corrected chi connectivity index (χ3v) is 4.28. The summed E-state index contributed by atoms with van der Waals surface area (Å²) in [7, 11) is 4.08. The second-order valence-corrected chi connectivity index (χ2v) is 6.76. The van der Waals surface area contributed by atoms with E-state index in [0.717, 1.165) is 22.0 Å². The molecule has 0 unspecified atom stereocenters. The quantitative estimate of drug-likeness (QED) is 0.334. The van der Waals surface area contributed by atoms with Crippen molar-refractivity contribution < 1.29 is 0 Å². The smallest absolute Gasteiger partial charge is 0.101 e. The van der Waals surface area contributed by atoms with E-state index in [1.165, 1.54) is 16.6 Å². The van der Waals surface area contributed by atoms with E-state index < -0.39 is 0 Å². The van der Waals surface area contributed by atoms with Crippen LogP contribution in [0.2, 0.25) is 0 Å². The average molecular weight is 415 g/mol. The summed E-state index contributed by atoms with van der Waals surface area (Å²) in [6.07, 6.45) is 3.69. The molecule has 2 aromatic carbocycles. The summed E-state index contributed by atoms with van der Waals surface area (Å²) in [6, 6.07) is 18.2. The van der Waals surface area contributed by atoms with Gasteiger partial charge in [0.2, 0.25) is 0 Å². The standard InChI is InChI=1S/C12H14N2.C11H8N2.2C2H6/c1-9-7-10-5-4-6-11(14(2)3)12(10)13-8-9;1-8-5-9-3-2-4-10(6-12)11(9)13-7-8;2*1-2/h4-8H,1-3H3;2-5,7H,1H3;2*1-2H3. The highest BCUT2D eigenvalue weighted by molar-refractivity contribution is 5.90.